The topological polar surface area (TPSA) is 54.5 Å². The zero-order valence-corrected chi connectivity index (χ0v) is 14.9. The van der Waals surface area contributed by atoms with Crippen molar-refractivity contribution in [2.24, 2.45) is 0 Å². The Hall–Kier alpha value is -2.11. The van der Waals surface area contributed by atoms with E-state index < -0.39 is 17.6 Å². The molecule has 1 heterocycles. The summed E-state index contributed by atoms with van der Waals surface area (Å²) in [6, 6.07) is 16.5. The number of amides is 2. The summed E-state index contributed by atoms with van der Waals surface area (Å²) < 4.78 is 0. The number of thioether (sulfide) groups is 1. The molecular weight excluding hydrogens is 358 g/mol. The van der Waals surface area contributed by atoms with Crippen LogP contribution in [-0.2, 0) is 20.1 Å². The number of carbonyl (C=O) groups is 3. The number of ketones is 1. The van der Waals surface area contributed by atoms with Crippen molar-refractivity contribution in [2.45, 2.75) is 11.7 Å². The summed E-state index contributed by atoms with van der Waals surface area (Å²) in [5, 5.41) is 0.665. The lowest BCUT2D eigenvalue weighted by Gasteiger charge is -2.13. The third-order valence-electron chi connectivity index (χ3n) is 4.05. The van der Waals surface area contributed by atoms with Gasteiger partial charge in [-0.1, -0.05) is 54.1 Å². The summed E-state index contributed by atoms with van der Waals surface area (Å²) in [5.41, 5.74) is 1.82. The molecule has 25 heavy (non-hydrogen) atoms. The molecule has 0 bridgehead atoms. The maximum atomic E-state index is 12.3. The van der Waals surface area contributed by atoms with Crippen LogP contribution in [-0.4, -0.2) is 34.8 Å². The van der Waals surface area contributed by atoms with Crippen LogP contribution in [0.15, 0.2) is 54.6 Å². The molecule has 1 aliphatic rings. The fourth-order valence-electron chi connectivity index (χ4n) is 2.70. The van der Waals surface area contributed by atoms with Crippen molar-refractivity contribution < 1.29 is 14.4 Å². The molecule has 128 valence electrons. The highest BCUT2D eigenvalue weighted by Crippen LogP contribution is 2.26. The van der Waals surface area contributed by atoms with Crippen LogP contribution in [0.1, 0.15) is 17.0 Å². The smallest absolute Gasteiger partial charge is 0.288 e. The van der Waals surface area contributed by atoms with Crippen molar-refractivity contribution in [3.05, 3.63) is 70.7 Å². The van der Waals surface area contributed by atoms with E-state index in [2.05, 4.69) is 0 Å². The number of hydrogen-bond acceptors (Lipinski definition) is 4. The Morgan fingerprint density at radius 1 is 1.08 bits per heavy atom. The average Bonchev–Trinajstić information content (AvgIpc) is 2.93. The lowest BCUT2D eigenvalue weighted by molar-refractivity contribution is -0.146. The molecule has 2 amide bonds. The summed E-state index contributed by atoms with van der Waals surface area (Å²) in [6.45, 7) is 0.127. The monoisotopic (exact) mass is 373 g/mol. The van der Waals surface area contributed by atoms with Crippen LogP contribution >= 0.6 is 23.4 Å². The third kappa shape index (κ3) is 4.11. The van der Waals surface area contributed by atoms with Gasteiger partial charge in [-0.3, -0.25) is 19.3 Å². The molecule has 1 fully saturated rings. The minimum atomic E-state index is -0.703. The van der Waals surface area contributed by atoms with Gasteiger partial charge in [-0.25, -0.2) is 0 Å². The molecule has 0 aromatic heterocycles. The molecule has 0 aliphatic carbocycles. The molecule has 6 heteroatoms. The van der Waals surface area contributed by atoms with E-state index in [1.807, 2.05) is 30.3 Å². The molecule has 0 saturated carbocycles. The molecule has 2 aromatic carbocycles. The van der Waals surface area contributed by atoms with Crippen LogP contribution in [0.3, 0.4) is 0 Å². The zero-order valence-electron chi connectivity index (χ0n) is 13.4. The Morgan fingerprint density at radius 3 is 2.44 bits per heavy atom. The predicted octanol–water partition coefficient (Wildman–Crippen LogP) is 3.29. The number of imide groups is 1. The van der Waals surface area contributed by atoms with Crippen LogP contribution in [0.25, 0.3) is 0 Å². The number of Topliss-reactive ketones (excluding diaryl/α,β-unsaturated/α-hetero) is 1. The second kappa shape index (κ2) is 7.85. The van der Waals surface area contributed by atoms with E-state index in [1.54, 1.807) is 24.3 Å². The standard InChI is InChI=1S/C19H16ClNO3S/c20-15-8-6-13(7-9-15)11-25-12-17(22)21-10-16(18(23)19(21)24)14-4-2-1-3-5-14/h1-9,16H,10-12H2/t16-/m1/s1. The summed E-state index contributed by atoms with van der Waals surface area (Å²) in [5.74, 6) is -1.30. The molecule has 1 atom stereocenters. The van der Waals surface area contributed by atoms with Crippen LogP contribution in [0.5, 0.6) is 0 Å². The van der Waals surface area contributed by atoms with E-state index in [0.717, 1.165) is 16.0 Å². The Bertz CT molecular complexity index is 792. The van der Waals surface area contributed by atoms with Crippen molar-refractivity contribution >= 4 is 41.0 Å². The molecule has 0 spiro atoms. The van der Waals surface area contributed by atoms with Crippen LogP contribution in [0.2, 0.25) is 5.02 Å². The van der Waals surface area contributed by atoms with Gasteiger partial charge in [0, 0.05) is 17.3 Å². The predicted molar refractivity (Wildman–Crippen MR) is 98.5 cm³/mol. The average molecular weight is 374 g/mol. The largest absolute Gasteiger partial charge is 0.297 e. The Morgan fingerprint density at radius 2 is 1.76 bits per heavy atom. The Labute approximate surface area is 155 Å². The number of carbonyl (C=O) groups excluding carboxylic acids is 3. The van der Waals surface area contributed by atoms with Crippen molar-refractivity contribution in [3.63, 3.8) is 0 Å². The number of halogens is 1. The van der Waals surface area contributed by atoms with Gasteiger partial charge in [0.1, 0.15) is 0 Å². The molecule has 1 saturated heterocycles. The highest BCUT2D eigenvalue weighted by molar-refractivity contribution is 7.99. The van der Waals surface area contributed by atoms with Gasteiger partial charge >= 0.3 is 0 Å². The van der Waals surface area contributed by atoms with Crippen LogP contribution < -0.4 is 0 Å². The summed E-state index contributed by atoms with van der Waals surface area (Å²) >= 11 is 7.25. The van der Waals surface area contributed by atoms with Gasteiger partial charge in [0.2, 0.25) is 11.7 Å². The van der Waals surface area contributed by atoms with E-state index in [4.69, 9.17) is 11.6 Å². The first-order valence-corrected chi connectivity index (χ1v) is 9.35. The number of rotatable bonds is 5. The van der Waals surface area contributed by atoms with Gasteiger partial charge in [0.15, 0.2) is 0 Å². The van der Waals surface area contributed by atoms with Gasteiger partial charge in [-0.05, 0) is 23.3 Å². The van der Waals surface area contributed by atoms with E-state index >= 15 is 0 Å². The first-order valence-electron chi connectivity index (χ1n) is 7.82. The minimum Gasteiger partial charge on any atom is -0.288 e. The molecule has 0 radical (unpaired) electrons. The van der Waals surface area contributed by atoms with Crippen molar-refractivity contribution in [3.8, 4) is 0 Å². The van der Waals surface area contributed by atoms with Crippen molar-refractivity contribution in [1.82, 2.24) is 4.90 Å². The second-order valence-corrected chi connectivity index (χ2v) is 7.18. The number of likely N-dealkylation sites (tertiary alicyclic amines) is 1. The fourth-order valence-corrected chi connectivity index (χ4v) is 3.69. The lowest BCUT2D eigenvalue weighted by atomic mass is 9.97. The quantitative estimate of drug-likeness (QED) is 0.754. The number of nitrogens with zero attached hydrogens (tertiary/aromatic N) is 1. The minimum absolute atomic E-state index is 0.127. The molecule has 1 aliphatic heterocycles. The first-order chi connectivity index (χ1) is 12.1. The van der Waals surface area contributed by atoms with Crippen molar-refractivity contribution in [1.29, 1.82) is 0 Å². The molecule has 0 N–H and O–H groups in total. The first kappa shape index (κ1) is 17.7. The molecule has 0 unspecified atom stereocenters. The second-order valence-electron chi connectivity index (χ2n) is 5.76. The van der Waals surface area contributed by atoms with E-state index in [0.29, 0.717) is 10.8 Å². The molecule has 4 nitrogen and oxygen atoms in total. The van der Waals surface area contributed by atoms with Crippen LogP contribution in [0, 0.1) is 0 Å². The maximum Gasteiger partial charge on any atom is 0.297 e. The van der Waals surface area contributed by atoms with E-state index in [9.17, 15) is 14.4 Å². The third-order valence-corrected chi connectivity index (χ3v) is 5.29. The van der Waals surface area contributed by atoms with E-state index in [-0.39, 0.29) is 18.2 Å². The van der Waals surface area contributed by atoms with Crippen LogP contribution in [0.4, 0.5) is 0 Å². The highest BCUT2D eigenvalue weighted by atomic mass is 35.5. The zero-order chi connectivity index (χ0) is 17.8. The number of benzene rings is 2. The van der Waals surface area contributed by atoms with Crippen molar-refractivity contribution in [2.75, 3.05) is 12.3 Å². The van der Waals surface area contributed by atoms with Gasteiger partial charge in [0.25, 0.3) is 5.91 Å². The SMILES string of the molecule is O=C1C(=O)N(C(=O)CSCc2ccc(Cl)cc2)C[C@@H]1c1ccccc1. The fraction of sp³-hybridized carbons (Fsp3) is 0.211. The molecule has 3 rings (SSSR count). The molecular formula is C19H16ClNO3S. The maximum absolute atomic E-state index is 12.3. The van der Waals surface area contributed by atoms with Gasteiger partial charge in [0.05, 0.1) is 11.7 Å². The van der Waals surface area contributed by atoms with Gasteiger partial charge in [-0.2, -0.15) is 0 Å². The lowest BCUT2D eigenvalue weighted by Crippen LogP contribution is -2.35. The highest BCUT2D eigenvalue weighted by Gasteiger charge is 2.42. The molecule has 2 aromatic rings. The normalized spacial score (nSPS) is 17.2. The summed E-state index contributed by atoms with van der Waals surface area (Å²) in [7, 11) is 0. The Kier molecular flexibility index (Phi) is 5.56. The Balaban J connectivity index is 1.58. The summed E-state index contributed by atoms with van der Waals surface area (Å²) in [6.07, 6.45) is 0. The number of hydrogen-bond donors (Lipinski definition) is 0. The van der Waals surface area contributed by atoms with Gasteiger partial charge < -0.3 is 0 Å². The summed E-state index contributed by atoms with van der Waals surface area (Å²) in [4.78, 5) is 37.7. The van der Waals surface area contributed by atoms with Gasteiger partial charge in [-0.15, -0.1) is 11.8 Å². The van der Waals surface area contributed by atoms with E-state index in [1.165, 1.54) is 11.8 Å².